The first-order valence-electron chi connectivity index (χ1n) is 10.7. The summed E-state index contributed by atoms with van der Waals surface area (Å²) in [6.45, 7) is 7.96. The van der Waals surface area contributed by atoms with E-state index in [1.54, 1.807) is 36.4 Å². The van der Waals surface area contributed by atoms with Gasteiger partial charge in [-0.3, -0.25) is 9.10 Å². The maximum atomic E-state index is 13.5. The molecule has 3 aromatic rings. The number of amides is 1. The largest absolute Gasteiger partial charge is 0.354 e. The van der Waals surface area contributed by atoms with Crippen molar-refractivity contribution >= 4 is 21.6 Å². The van der Waals surface area contributed by atoms with Gasteiger partial charge in [0.1, 0.15) is 6.54 Å². The first-order valence-corrected chi connectivity index (χ1v) is 12.1. The van der Waals surface area contributed by atoms with Gasteiger partial charge in [0.15, 0.2) is 0 Å². The molecule has 1 unspecified atom stereocenters. The molecule has 6 heteroatoms. The number of nitrogens with one attached hydrogen (secondary N) is 1. The molecule has 3 aromatic carbocycles. The van der Waals surface area contributed by atoms with Crippen LogP contribution in [-0.2, 0) is 14.8 Å². The summed E-state index contributed by atoms with van der Waals surface area (Å²) in [5.74, 6) is -0.231. The molecule has 1 amide bonds. The van der Waals surface area contributed by atoms with E-state index < -0.39 is 10.0 Å². The Bertz CT molecular complexity index is 1170. The SMILES string of the molecule is Cc1ccc(S(=O)(=O)N(CC(=O)NCC(C)c2ccccc2)c2ccc(C)c(C)c2)cc1. The number of hydrogen-bond acceptors (Lipinski definition) is 3. The van der Waals surface area contributed by atoms with Gasteiger partial charge in [-0.1, -0.05) is 61.0 Å². The minimum absolute atomic E-state index is 0.115. The highest BCUT2D eigenvalue weighted by Crippen LogP contribution is 2.26. The summed E-state index contributed by atoms with van der Waals surface area (Å²) in [4.78, 5) is 13.0. The summed E-state index contributed by atoms with van der Waals surface area (Å²) in [5.41, 5.74) is 4.58. The average molecular weight is 451 g/mol. The van der Waals surface area contributed by atoms with Gasteiger partial charge in [-0.05, 0) is 67.6 Å². The Labute approximate surface area is 191 Å². The molecule has 0 radical (unpaired) electrons. The van der Waals surface area contributed by atoms with Gasteiger partial charge in [0.05, 0.1) is 10.6 Å². The second-order valence-electron chi connectivity index (χ2n) is 8.21. The predicted octanol–water partition coefficient (Wildman–Crippen LogP) is 4.73. The van der Waals surface area contributed by atoms with E-state index in [4.69, 9.17) is 0 Å². The zero-order chi connectivity index (χ0) is 23.3. The molecule has 0 saturated carbocycles. The molecule has 1 atom stereocenters. The highest BCUT2D eigenvalue weighted by atomic mass is 32.2. The van der Waals surface area contributed by atoms with Crippen LogP contribution in [-0.4, -0.2) is 27.4 Å². The number of aryl methyl sites for hydroxylation is 3. The van der Waals surface area contributed by atoms with Crippen LogP contribution in [0.2, 0.25) is 0 Å². The van der Waals surface area contributed by atoms with Crippen LogP contribution in [0, 0.1) is 20.8 Å². The van der Waals surface area contributed by atoms with Crippen molar-refractivity contribution in [1.29, 1.82) is 0 Å². The smallest absolute Gasteiger partial charge is 0.264 e. The van der Waals surface area contributed by atoms with E-state index in [0.717, 1.165) is 22.3 Å². The van der Waals surface area contributed by atoms with E-state index in [1.165, 1.54) is 4.31 Å². The van der Waals surface area contributed by atoms with Crippen LogP contribution in [0.5, 0.6) is 0 Å². The van der Waals surface area contributed by atoms with Crippen molar-refractivity contribution in [3.8, 4) is 0 Å². The Kier molecular flexibility index (Phi) is 7.36. The Morgan fingerprint density at radius 2 is 1.56 bits per heavy atom. The van der Waals surface area contributed by atoms with E-state index in [2.05, 4.69) is 5.32 Å². The molecule has 0 saturated heterocycles. The van der Waals surface area contributed by atoms with Crippen LogP contribution in [0.25, 0.3) is 0 Å². The van der Waals surface area contributed by atoms with Crippen molar-refractivity contribution in [3.63, 3.8) is 0 Å². The number of hydrogen-bond donors (Lipinski definition) is 1. The third kappa shape index (κ3) is 5.56. The molecule has 0 aliphatic heterocycles. The van der Waals surface area contributed by atoms with Crippen LogP contribution in [0.1, 0.15) is 35.1 Å². The van der Waals surface area contributed by atoms with E-state index in [1.807, 2.05) is 64.1 Å². The van der Waals surface area contributed by atoms with E-state index >= 15 is 0 Å². The molecule has 1 N–H and O–H groups in total. The Morgan fingerprint density at radius 3 is 2.19 bits per heavy atom. The normalized spacial score (nSPS) is 12.2. The standard InChI is InChI=1S/C26H30N2O3S/c1-19-10-14-25(15-11-19)32(30,31)28(24-13-12-20(2)21(3)16-24)18-26(29)27-17-22(4)23-8-6-5-7-9-23/h5-16,22H,17-18H2,1-4H3,(H,27,29). The van der Waals surface area contributed by atoms with Crippen molar-refractivity contribution in [2.75, 3.05) is 17.4 Å². The van der Waals surface area contributed by atoms with Crippen LogP contribution in [0.15, 0.2) is 77.7 Å². The predicted molar refractivity (Wildman–Crippen MR) is 129 cm³/mol. The second kappa shape index (κ2) is 10.0. The molecular formula is C26H30N2O3S. The Hall–Kier alpha value is -3.12. The third-order valence-electron chi connectivity index (χ3n) is 5.65. The lowest BCUT2D eigenvalue weighted by Crippen LogP contribution is -2.41. The first kappa shape index (κ1) is 23.5. The molecule has 0 spiro atoms. The lowest BCUT2D eigenvalue weighted by Gasteiger charge is -2.25. The summed E-state index contributed by atoms with van der Waals surface area (Å²) in [5, 5.41) is 2.89. The van der Waals surface area contributed by atoms with E-state index in [-0.39, 0.29) is 23.3 Å². The topological polar surface area (TPSA) is 66.5 Å². The van der Waals surface area contributed by atoms with Crippen molar-refractivity contribution in [3.05, 3.63) is 95.1 Å². The fourth-order valence-electron chi connectivity index (χ4n) is 3.39. The van der Waals surface area contributed by atoms with Crippen LogP contribution < -0.4 is 9.62 Å². The molecule has 0 aromatic heterocycles. The summed E-state index contributed by atoms with van der Waals surface area (Å²) in [7, 11) is -3.91. The fraction of sp³-hybridized carbons (Fsp3) is 0.269. The van der Waals surface area contributed by atoms with E-state index in [9.17, 15) is 13.2 Å². The van der Waals surface area contributed by atoms with Gasteiger partial charge in [0, 0.05) is 6.54 Å². The highest BCUT2D eigenvalue weighted by Gasteiger charge is 2.27. The van der Waals surface area contributed by atoms with Gasteiger partial charge in [-0.25, -0.2) is 8.42 Å². The van der Waals surface area contributed by atoms with Gasteiger partial charge in [0.2, 0.25) is 5.91 Å². The maximum Gasteiger partial charge on any atom is 0.264 e. The molecule has 0 aliphatic carbocycles. The van der Waals surface area contributed by atoms with Gasteiger partial charge in [0.25, 0.3) is 10.0 Å². The average Bonchev–Trinajstić information content (AvgIpc) is 2.78. The third-order valence-corrected chi connectivity index (χ3v) is 7.44. The number of carbonyl (C=O) groups is 1. The Balaban J connectivity index is 1.84. The van der Waals surface area contributed by atoms with Gasteiger partial charge in [-0.2, -0.15) is 0 Å². The molecule has 0 bridgehead atoms. The number of nitrogens with zero attached hydrogens (tertiary/aromatic N) is 1. The number of sulfonamides is 1. The lowest BCUT2D eigenvalue weighted by atomic mass is 10.0. The maximum absolute atomic E-state index is 13.5. The molecule has 0 heterocycles. The summed E-state index contributed by atoms with van der Waals surface area (Å²) >= 11 is 0. The summed E-state index contributed by atoms with van der Waals surface area (Å²) < 4.78 is 28.1. The molecule has 3 rings (SSSR count). The molecule has 32 heavy (non-hydrogen) atoms. The fourth-order valence-corrected chi connectivity index (χ4v) is 4.80. The molecule has 0 fully saturated rings. The van der Waals surface area contributed by atoms with Crippen molar-refractivity contribution in [1.82, 2.24) is 5.32 Å². The number of carbonyl (C=O) groups excluding carboxylic acids is 1. The first-order chi connectivity index (χ1) is 15.2. The zero-order valence-electron chi connectivity index (χ0n) is 19.0. The van der Waals surface area contributed by atoms with Crippen LogP contribution in [0.3, 0.4) is 0 Å². The van der Waals surface area contributed by atoms with Crippen LogP contribution >= 0.6 is 0 Å². The molecular weight excluding hydrogens is 420 g/mol. The quantitative estimate of drug-likeness (QED) is 0.540. The lowest BCUT2D eigenvalue weighted by molar-refractivity contribution is -0.119. The molecule has 0 aliphatic rings. The van der Waals surface area contributed by atoms with Gasteiger partial charge in [-0.15, -0.1) is 0 Å². The minimum atomic E-state index is -3.91. The van der Waals surface area contributed by atoms with Crippen LogP contribution in [0.4, 0.5) is 5.69 Å². The molecule has 5 nitrogen and oxygen atoms in total. The second-order valence-corrected chi connectivity index (χ2v) is 10.1. The summed E-state index contributed by atoms with van der Waals surface area (Å²) in [6.07, 6.45) is 0. The van der Waals surface area contributed by atoms with Crippen molar-refractivity contribution < 1.29 is 13.2 Å². The van der Waals surface area contributed by atoms with Crippen molar-refractivity contribution in [2.24, 2.45) is 0 Å². The van der Waals surface area contributed by atoms with Gasteiger partial charge < -0.3 is 5.32 Å². The monoisotopic (exact) mass is 450 g/mol. The van der Waals surface area contributed by atoms with Crippen molar-refractivity contribution in [2.45, 2.75) is 38.5 Å². The number of rotatable bonds is 8. The number of anilines is 1. The van der Waals surface area contributed by atoms with Gasteiger partial charge >= 0.3 is 0 Å². The summed E-state index contributed by atoms with van der Waals surface area (Å²) in [6, 6.07) is 22.0. The van der Waals surface area contributed by atoms with E-state index in [0.29, 0.717) is 12.2 Å². The molecule has 168 valence electrons. The highest BCUT2D eigenvalue weighted by molar-refractivity contribution is 7.92. The minimum Gasteiger partial charge on any atom is -0.354 e. The Morgan fingerprint density at radius 1 is 0.906 bits per heavy atom. The zero-order valence-corrected chi connectivity index (χ0v) is 19.8. The number of benzene rings is 3.